The molecule has 5 nitrogen and oxygen atoms in total. The molecular weight excluding hydrogens is 402 g/mol. The molecule has 30 heavy (non-hydrogen) atoms. The fraction of sp³-hybridized carbons (Fsp3) is 0.0833. The van der Waals surface area contributed by atoms with Crippen molar-refractivity contribution in [3.05, 3.63) is 88.4 Å². The predicted molar refractivity (Wildman–Crippen MR) is 116 cm³/mol. The van der Waals surface area contributed by atoms with Crippen LogP contribution in [0, 0.1) is 11.3 Å². The Labute approximate surface area is 179 Å². The van der Waals surface area contributed by atoms with Gasteiger partial charge in [0.25, 0.3) is 0 Å². The van der Waals surface area contributed by atoms with Crippen LogP contribution in [0.3, 0.4) is 0 Å². The molecule has 0 N–H and O–H groups in total. The summed E-state index contributed by atoms with van der Waals surface area (Å²) in [5, 5.41) is 10.2. The number of methoxy groups -OCH3 is 2. The quantitative estimate of drug-likeness (QED) is 0.224. The van der Waals surface area contributed by atoms with Crippen LogP contribution in [0.5, 0.6) is 17.2 Å². The van der Waals surface area contributed by atoms with Crippen molar-refractivity contribution in [3.8, 4) is 23.3 Å². The van der Waals surface area contributed by atoms with Gasteiger partial charge in [-0.1, -0.05) is 29.8 Å². The maximum Gasteiger partial charge on any atom is 0.343 e. The zero-order chi connectivity index (χ0) is 21.5. The Morgan fingerprint density at radius 3 is 2.30 bits per heavy atom. The molecule has 0 aliphatic heterocycles. The summed E-state index contributed by atoms with van der Waals surface area (Å²) in [4.78, 5) is 12.4. The van der Waals surface area contributed by atoms with Crippen LogP contribution in [0.15, 0.2) is 66.7 Å². The Kier molecular flexibility index (Phi) is 6.74. The number of ether oxygens (including phenoxy) is 3. The number of nitrogens with zero attached hydrogens (tertiary/aromatic N) is 1. The van der Waals surface area contributed by atoms with Gasteiger partial charge in [-0.25, -0.2) is 4.79 Å². The minimum absolute atomic E-state index is 0.269. The molecule has 0 atom stereocenters. The fourth-order valence-corrected chi connectivity index (χ4v) is 2.93. The van der Waals surface area contributed by atoms with Crippen molar-refractivity contribution in [2.75, 3.05) is 14.2 Å². The summed E-state index contributed by atoms with van der Waals surface area (Å²) >= 11 is 5.85. The van der Waals surface area contributed by atoms with Crippen LogP contribution in [0.2, 0.25) is 5.02 Å². The van der Waals surface area contributed by atoms with E-state index in [1.165, 1.54) is 7.11 Å². The van der Waals surface area contributed by atoms with Gasteiger partial charge in [0.15, 0.2) is 11.5 Å². The third-order valence-corrected chi connectivity index (χ3v) is 4.55. The van der Waals surface area contributed by atoms with E-state index in [1.54, 1.807) is 61.7 Å². The van der Waals surface area contributed by atoms with Gasteiger partial charge in [-0.05, 0) is 60.2 Å². The van der Waals surface area contributed by atoms with E-state index in [2.05, 4.69) is 6.07 Å². The summed E-state index contributed by atoms with van der Waals surface area (Å²) in [6, 6.07) is 20.9. The zero-order valence-corrected chi connectivity index (χ0v) is 17.1. The molecule has 0 bridgehead atoms. The van der Waals surface area contributed by atoms with Gasteiger partial charge in [0.05, 0.1) is 31.4 Å². The van der Waals surface area contributed by atoms with E-state index in [4.69, 9.17) is 25.8 Å². The second-order valence-electron chi connectivity index (χ2n) is 6.18. The third kappa shape index (κ3) is 4.80. The molecule has 0 heterocycles. The number of halogens is 1. The SMILES string of the molecule is COc1cc(/C=C(/C#N)c2ccccc2OC)ccc1OC(=O)c1ccc(Cl)cc1. The van der Waals surface area contributed by atoms with Crippen LogP contribution in [0.25, 0.3) is 11.6 Å². The number of allylic oxidation sites excluding steroid dienone is 1. The monoisotopic (exact) mass is 419 g/mol. The van der Waals surface area contributed by atoms with E-state index in [1.807, 2.05) is 18.2 Å². The van der Waals surface area contributed by atoms with E-state index in [0.717, 1.165) is 0 Å². The number of carbonyl (C=O) groups excluding carboxylic acids is 1. The molecule has 0 aromatic heterocycles. The average molecular weight is 420 g/mol. The normalized spacial score (nSPS) is 10.8. The molecule has 0 aliphatic rings. The number of hydrogen-bond donors (Lipinski definition) is 0. The lowest BCUT2D eigenvalue weighted by Crippen LogP contribution is -2.09. The Morgan fingerprint density at radius 1 is 0.933 bits per heavy atom. The lowest BCUT2D eigenvalue weighted by molar-refractivity contribution is 0.0729. The number of para-hydroxylation sites is 1. The molecule has 150 valence electrons. The van der Waals surface area contributed by atoms with E-state index in [-0.39, 0.29) is 5.75 Å². The zero-order valence-electron chi connectivity index (χ0n) is 16.4. The van der Waals surface area contributed by atoms with Crippen LogP contribution in [-0.4, -0.2) is 20.2 Å². The van der Waals surface area contributed by atoms with E-state index in [9.17, 15) is 10.1 Å². The molecule has 0 unspecified atom stereocenters. The van der Waals surface area contributed by atoms with Crippen LogP contribution in [0.4, 0.5) is 0 Å². The van der Waals surface area contributed by atoms with E-state index in [0.29, 0.717) is 38.8 Å². The van der Waals surface area contributed by atoms with Crippen molar-refractivity contribution in [1.29, 1.82) is 5.26 Å². The topological polar surface area (TPSA) is 68.6 Å². The lowest BCUT2D eigenvalue weighted by Gasteiger charge is -2.11. The summed E-state index contributed by atoms with van der Waals surface area (Å²) in [6.45, 7) is 0. The molecule has 6 heteroatoms. The number of carbonyl (C=O) groups is 1. The van der Waals surface area contributed by atoms with Crippen molar-refractivity contribution < 1.29 is 19.0 Å². The molecule has 3 aromatic carbocycles. The van der Waals surface area contributed by atoms with Gasteiger partial charge < -0.3 is 14.2 Å². The predicted octanol–water partition coefficient (Wildman–Crippen LogP) is 5.64. The second kappa shape index (κ2) is 9.64. The minimum atomic E-state index is -0.528. The molecular formula is C24H18ClNO4. The molecule has 0 saturated carbocycles. The maximum absolute atomic E-state index is 12.4. The highest BCUT2D eigenvalue weighted by Crippen LogP contribution is 2.32. The average Bonchev–Trinajstić information content (AvgIpc) is 2.78. The highest BCUT2D eigenvalue weighted by molar-refractivity contribution is 6.30. The molecule has 0 fully saturated rings. The maximum atomic E-state index is 12.4. The first-order chi connectivity index (χ1) is 14.5. The molecule has 0 aliphatic carbocycles. The molecule has 0 amide bonds. The summed E-state index contributed by atoms with van der Waals surface area (Å²) in [7, 11) is 3.04. The van der Waals surface area contributed by atoms with Gasteiger partial charge in [0.2, 0.25) is 0 Å². The van der Waals surface area contributed by atoms with Crippen molar-refractivity contribution in [2.45, 2.75) is 0 Å². The smallest absolute Gasteiger partial charge is 0.343 e. The summed E-state index contributed by atoms with van der Waals surface area (Å²) in [5.74, 6) is 0.708. The fourth-order valence-electron chi connectivity index (χ4n) is 2.81. The number of rotatable bonds is 6. The Bertz CT molecular complexity index is 1130. The third-order valence-electron chi connectivity index (χ3n) is 4.30. The van der Waals surface area contributed by atoms with Crippen molar-refractivity contribution in [3.63, 3.8) is 0 Å². The van der Waals surface area contributed by atoms with Gasteiger partial charge in [0, 0.05) is 10.6 Å². The van der Waals surface area contributed by atoms with Crippen molar-refractivity contribution in [1.82, 2.24) is 0 Å². The highest BCUT2D eigenvalue weighted by Gasteiger charge is 2.14. The molecule has 0 spiro atoms. The number of nitriles is 1. The molecule has 0 saturated heterocycles. The summed E-state index contributed by atoms with van der Waals surface area (Å²) in [5.41, 5.74) is 2.19. The first-order valence-electron chi connectivity index (χ1n) is 8.96. The van der Waals surface area contributed by atoms with Crippen LogP contribution < -0.4 is 14.2 Å². The first-order valence-corrected chi connectivity index (χ1v) is 9.34. The summed E-state index contributed by atoms with van der Waals surface area (Å²) in [6.07, 6.45) is 1.71. The Hall–Kier alpha value is -3.75. The first kappa shape index (κ1) is 21.0. The van der Waals surface area contributed by atoms with Gasteiger partial charge in [-0.15, -0.1) is 0 Å². The van der Waals surface area contributed by atoms with Gasteiger partial charge in [-0.2, -0.15) is 5.26 Å². The lowest BCUT2D eigenvalue weighted by atomic mass is 10.0. The number of hydrogen-bond acceptors (Lipinski definition) is 5. The van der Waals surface area contributed by atoms with Gasteiger partial charge >= 0.3 is 5.97 Å². The molecule has 3 aromatic rings. The van der Waals surface area contributed by atoms with Gasteiger partial charge in [0.1, 0.15) is 5.75 Å². The van der Waals surface area contributed by atoms with Crippen LogP contribution in [0.1, 0.15) is 21.5 Å². The molecule has 0 radical (unpaired) electrons. The summed E-state index contributed by atoms with van der Waals surface area (Å²) < 4.78 is 16.2. The van der Waals surface area contributed by atoms with Crippen LogP contribution in [-0.2, 0) is 0 Å². The number of esters is 1. The van der Waals surface area contributed by atoms with Crippen molar-refractivity contribution in [2.24, 2.45) is 0 Å². The number of benzene rings is 3. The van der Waals surface area contributed by atoms with E-state index < -0.39 is 5.97 Å². The standard InChI is InChI=1S/C24H18ClNO4/c1-28-21-6-4-3-5-20(21)18(15-26)13-16-7-12-22(23(14-16)29-2)30-24(27)17-8-10-19(25)11-9-17/h3-14H,1-2H3/b18-13-. The van der Waals surface area contributed by atoms with E-state index >= 15 is 0 Å². The second-order valence-corrected chi connectivity index (χ2v) is 6.61. The Balaban J connectivity index is 1.89. The highest BCUT2D eigenvalue weighted by atomic mass is 35.5. The minimum Gasteiger partial charge on any atom is -0.496 e. The Morgan fingerprint density at radius 2 is 1.63 bits per heavy atom. The van der Waals surface area contributed by atoms with Gasteiger partial charge in [-0.3, -0.25) is 0 Å². The van der Waals surface area contributed by atoms with Crippen molar-refractivity contribution >= 4 is 29.2 Å². The largest absolute Gasteiger partial charge is 0.496 e. The molecule has 3 rings (SSSR count). The van der Waals surface area contributed by atoms with Crippen LogP contribution >= 0.6 is 11.6 Å².